The van der Waals surface area contributed by atoms with E-state index in [9.17, 15) is 14.4 Å². The van der Waals surface area contributed by atoms with Gasteiger partial charge in [-0.3, -0.25) is 14.2 Å². The second-order valence-corrected chi connectivity index (χ2v) is 9.19. The van der Waals surface area contributed by atoms with Gasteiger partial charge in [-0.1, -0.05) is 18.2 Å². The first-order chi connectivity index (χ1) is 17.5. The molecule has 1 aliphatic heterocycles. The van der Waals surface area contributed by atoms with Crippen molar-refractivity contribution >= 4 is 39.1 Å². The fourth-order valence-electron chi connectivity index (χ4n) is 4.13. The molecular formula is C26H23N3O6S. The molecule has 1 N–H and O–H groups in total. The maximum atomic E-state index is 13.5. The molecule has 0 unspecified atom stereocenters. The van der Waals surface area contributed by atoms with Crippen molar-refractivity contribution in [1.29, 1.82) is 0 Å². The zero-order valence-electron chi connectivity index (χ0n) is 19.7. The third kappa shape index (κ3) is 4.48. The molecule has 0 saturated heterocycles. The number of ether oxygens (including phenoxy) is 3. The first kappa shape index (κ1) is 23.7. The lowest BCUT2D eigenvalue weighted by atomic mass is 10.0. The van der Waals surface area contributed by atoms with E-state index >= 15 is 0 Å². The number of rotatable bonds is 6. The van der Waals surface area contributed by atoms with Crippen molar-refractivity contribution in [3.8, 4) is 5.75 Å². The minimum atomic E-state index is -0.462. The topological polar surface area (TPSA) is 109 Å². The molecular weight excluding hydrogens is 482 g/mol. The largest absolute Gasteiger partial charge is 0.467 e. The fourth-order valence-corrected chi connectivity index (χ4v) is 5.16. The number of carbonyl (C=O) groups excluding carboxylic acids is 2. The number of nitrogens with zero attached hydrogens (tertiary/aromatic N) is 2. The predicted octanol–water partition coefficient (Wildman–Crippen LogP) is 4.11. The molecule has 0 aliphatic carbocycles. The number of amides is 1. The highest BCUT2D eigenvalue weighted by atomic mass is 32.1. The maximum Gasteiger partial charge on any atom is 0.338 e. The lowest BCUT2D eigenvalue weighted by molar-refractivity contribution is -0.0171. The number of aromatic nitrogens is 2. The van der Waals surface area contributed by atoms with Crippen LogP contribution in [0, 0.1) is 6.92 Å². The fraction of sp³-hybridized carbons (Fsp3) is 0.231. The van der Waals surface area contributed by atoms with Crippen molar-refractivity contribution in [2.75, 3.05) is 18.7 Å². The average molecular weight is 506 g/mol. The Balaban J connectivity index is 1.51. The molecule has 0 fully saturated rings. The molecule has 0 saturated carbocycles. The van der Waals surface area contributed by atoms with Crippen LogP contribution < -0.4 is 15.6 Å². The monoisotopic (exact) mass is 505 g/mol. The highest BCUT2D eigenvalue weighted by Crippen LogP contribution is 2.32. The second kappa shape index (κ2) is 9.92. The average Bonchev–Trinajstić information content (AvgIpc) is 3.23. The van der Waals surface area contributed by atoms with Gasteiger partial charge in [0.25, 0.3) is 11.5 Å². The van der Waals surface area contributed by atoms with E-state index in [1.165, 1.54) is 22.2 Å². The molecule has 0 bridgehead atoms. The number of thiophene rings is 1. The summed E-state index contributed by atoms with van der Waals surface area (Å²) in [6.45, 7) is 4.21. The van der Waals surface area contributed by atoms with Gasteiger partial charge < -0.3 is 19.5 Å². The highest BCUT2D eigenvalue weighted by Gasteiger charge is 2.23. The zero-order valence-corrected chi connectivity index (χ0v) is 20.5. The van der Waals surface area contributed by atoms with Crippen LogP contribution in [0.3, 0.4) is 0 Å². The summed E-state index contributed by atoms with van der Waals surface area (Å²) in [5.41, 5.74) is 2.65. The van der Waals surface area contributed by atoms with E-state index in [1.54, 1.807) is 38.1 Å². The van der Waals surface area contributed by atoms with Crippen LogP contribution in [-0.4, -0.2) is 34.8 Å². The maximum absolute atomic E-state index is 13.5. The minimum Gasteiger partial charge on any atom is -0.467 e. The number of hydrogen-bond donors (Lipinski definition) is 1. The lowest BCUT2D eigenvalue weighted by Crippen LogP contribution is -2.23. The predicted molar refractivity (Wildman–Crippen MR) is 135 cm³/mol. The molecule has 10 heteroatoms. The quantitative estimate of drug-likeness (QED) is 0.393. The highest BCUT2D eigenvalue weighted by molar-refractivity contribution is 7.20. The van der Waals surface area contributed by atoms with E-state index in [4.69, 9.17) is 14.2 Å². The van der Waals surface area contributed by atoms with Gasteiger partial charge in [0.05, 0.1) is 41.9 Å². The number of fused-ring (bicyclic) bond motifs is 2. The summed E-state index contributed by atoms with van der Waals surface area (Å²) in [5, 5.41) is 3.25. The third-order valence-corrected chi connectivity index (χ3v) is 6.99. The van der Waals surface area contributed by atoms with E-state index in [0.717, 1.165) is 0 Å². The molecule has 5 rings (SSSR count). The van der Waals surface area contributed by atoms with Gasteiger partial charge >= 0.3 is 5.97 Å². The molecule has 0 radical (unpaired) electrons. The van der Waals surface area contributed by atoms with Crippen LogP contribution in [0.2, 0.25) is 0 Å². The molecule has 4 aromatic rings. The summed E-state index contributed by atoms with van der Waals surface area (Å²) in [7, 11) is 0. The molecule has 2 aromatic heterocycles. The number of para-hydroxylation sites is 1. The lowest BCUT2D eigenvalue weighted by Gasteiger charge is -2.22. The molecule has 9 nitrogen and oxygen atoms in total. The molecule has 3 heterocycles. The van der Waals surface area contributed by atoms with Gasteiger partial charge in [0, 0.05) is 16.8 Å². The van der Waals surface area contributed by atoms with E-state index in [-0.39, 0.29) is 38.0 Å². The molecule has 0 atom stereocenters. The number of carbonyl (C=O) groups is 2. The number of benzene rings is 2. The van der Waals surface area contributed by atoms with Crippen LogP contribution in [0.15, 0.2) is 53.6 Å². The Labute approximate surface area is 210 Å². The van der Waals surface area contributed by atoms with Gasteiger partial charge in [-0.2, -0.15) is 0 Å². The third-order valence-electron chi connectivity index (χ3n) is 5.79. The summed E-state index contributed by atoms with van der Waals surface area (Å²) in [6, 6.07) is 12.5. The van der Waals surface area contributed by atoms with Gasteiger partial charge in [0.2, 0.25) is 0 Å². The van der Waals surface area contributed by atoms with E-state index in [0.29, 0.717) is 48.8 Å². The Morgan fingerprint density at radius 1 is 1.22 bits per heavy atom. The van der Waals surface area contributed by atoms with Crippen LogP contribution >= 0.6 is 11.3 Å². The van der Waals surface area contributed by atoms with Crippen LogP contribution in [0.5, 0.6) is 5.75 Å². The minimum absolute atomic E-state index is 0.0778. The van der Waals surface area contributed by atoms with Gasteiger partial charge in [-0.15, -0.1) is 11.3 Å². The smallest absolute Gasteiger partial charge is 0.338 e. The SMILES string of the molecule is CCOC(=O)c1cc2c(c(Cn3cnc4sc(C(=O)Nc5ccccc5)c(C)c4c3=O)c1)OCOC2. The number of hydrogen-bond acceptors (Lipinski definition) is 8. The summed E-state index contributed by atoms with van der Waals surface area (Å²) in [6.07, 6.45) is 1.45. The van der Waals surface area contributed by atoms with Crippen molar-refractivity contribution in [1.82, 2.24) is 9.55 Å². The number of aryl methyl sites for hydroxylation is 1. The van der Waals surface area contributed by atoms with E-state index < -0.39 is 5.97 Å². The van der Waals surface area contributed by atoms with Gasteiger partial charge in [0.1, 0.15) is 10.6 Å². The Kier molecular flexibility index (Phi) is 6.53. The summed E-state index contributed by atoms with van der Waals surface area (Å²) < 4.78 is 17.7. The number of anilines is 1. The van der Waals surface area contributed by atoms with Crippen LogP contribution in [0.4, 0.5) is 5.69 Å². The molecule has 0 spiro atoms. The van der Waals surface area contributed by atoms with Crippen LogP contribution in [-0.2, 0) is 22.6 Å². The van der Waals surface area contributed by atoms with E-state index in [1.807, 2.05) is 18.2 Å². The Hall–Kier alpha value is -4.02. The summed E-state index contributed by atoms with van der Waals surface area (Å²) >= 11 is 1.18. The second-order valence-electron chi connectivity index (χ2n) is 8.19. The molecule has 1 aliphatic rings. The molecule has 1 amide bonds. The first-order valence-electron chi connectivity index (χ1n) is 11.3. The molecule has 36 heavy (non-hydrogen) atoms. The molecule has 184 valence electrons. The first-order valence-corrected chi connectivity index (χ1v) is 12.2. The van der Waals surface area contributed by atoms with Crippen LogP contribution in [0.25, 0.3) is 10.2 Å². The van der Waals surface area contributed by atoms with Crippen molar-refractivity contribution in [3.05, 3.63) is 86.3 Å². The van der Waals surface area contributed by atoms with Crippen molar-refractivity contribution in [2.45, 2.75) is 27.0 Å². The Bertz CT molecular complexity index is 1530. The Morgan fingerprint density at radius 3 is 2.81 bits per heavy atom. The number of esters is 1. The van der Waals surface area contributed by atoms with Crippen molar-refractivity contribution in [2.24, 2.45) is 0 Å². The van der Waals surface area contributed by atoms with Crippen LogP contribution in [0.1, 0.15) is 43.6 Å². The van der Waals surface area contributed by atoms with Gasteiger partial charge in [-0.05, 0) is 43.7 Å². The molecule has 2 aromatic carbocycles. The van der Waals surface area contributed by atoms with Crippen molar-refractivity contribution < 1.29 is 23.8 Å². The summed E-state index contributed by atoms with van der Waals surface area (Å²) in [4.78, 5) is 44.1. The standard InChI is InChI=1S/C26H23N3O6S/c1-3-34-26(32)16-9-17(21-18(10-16)12-33-14-35-21)11-29-13-27-24-20(25(29)31)15(2)22(36-24)23(30)28-19-7-5-4-6-8-19/h4-10,13H,3,11-12,14H2,1-2H3,(H,28,30). The van der Waals surface area contributed by atoms with Gasteiger partial charge in [0.15, 0.2) is 6.79 Å². The number of nitrogens with one attached hydrogen (secondary N) is 1. The normalized spacial score (nSPS) is 12.6. The Morgan fingerprint density at radius 2 is 2.03 bits per heavy atom. The zero-order chi connectivity index (χ0) is 25.2. The van der Waals surface area contributed by atoms with Gasteiger partial charge in [-0.25, -0.2) is 9.78 Å². The van der Waals surface area contributed by atoms with E-state index in [2.05, 4.69) is 10.3 Å². The summed E-state index contributed by atoms with van der Waals surface area (Å²) in [5.74, 6) is -0.181. The van der Waals surface area contributed by atoms with Crippen molar-refractivity contribution in [3.63, 3.8) is 0 Å².